The summed E-state index contributed by atoms with van der Waals surface area (Å²) in [6.07, 6.45) is 2.66. The fourth-order valence-electron chi connectivity index (χ4n) is 0.778. The zero-order valence-corrected chi connectivity index (χ0v) is 14.7. The normalized spacial score (nSPS) is 9.70. The second kappa shape index (κ2) is 15.6. The van der Waals surface area contributed by atoms with Gasteiger partial charge in [-0.2, -0.15) is 0 Å². The van der Waals surface area contributed by atoms with E-state index in [9.17, 15) is 0 Å². The van der Waals surface area contributed by atoms with Crippen LogP contribution in [-0.4, -0.2) is 12.6 Å². The lowest BCUT2D eigenvalue weighted by Gasteiger charge is -2.00. The summed E-state index contributed by atoms with van der Waals surface area (Å²) in [7, 11) is 0. The van der Waals surface area contributed by atoms with Gasteiger partial charge in [0, 0.05) is 0 Å². The van der Waals surface area contributed by atoms with Gasteiger partial charge in [-0.05, 0) is 37.6 Å². The summed E-state index contributed by atoms with van der Waals surface area (Å²) in [5.74, 6) is 1.45. The van der Waals surface area contributed by atoms with Crippen LogP contribution >= 0.6 is 0 Å². The molecular weight excluding hydrogens is 244 g/mol. The molecule has 0 spiro atoms. The first-order valence-corrected chi connectivity index (χ1v) is 7.36. The van der Waals surface area contributed by atoms with E-state index < -0.39 is 0 Å². The maximum atomic E-state index is 4.09. The average Bonchev–Trinajstić information content (AvgIpc) is 2.45. The summed E-state index contributed by atoms with van der Waals surface area (Å²) in [5, 5.41) is 0. The Morgan fingerprint density at radius 1 is 0.950 bits per heavy atom. The second-order valence-electron chi connectivity index (χ2n) is 4.52. The lowest BCUT2D eigenvalue weighted by atomic mass is 10.1. The van der Waals surface area contributed by atoms with E-state index in [0.717, 1.165) is 17.1 Å². The lowest BCUT2D eigenvalue weighted by molar-refractivity contribution is 0.544. The molecule has 0 aliphatic carbocycles. The first-order chi connectivity index (χ1) is 9.29. The minimum atomic E-state index is 0.517. The third-order valence-electron chi connectivity index (χ3n) is 2.66. The molecule has 0 fully saturated rings. The van der Waals surface area contributed by atoms with Crippen molar-refractivity contribution >= 4 is 12.6 Å². The van der Waals surface area contributed by atoms with Gasteiger partial charge in [0.15, 0.2) is 5.84 Å². The molecule has 0 radical (unpaired) electrons. The van der Waals surface area contributed by atoms with Crippen LogP contribution < -0.4 is 0 Å². The van der Waals surface area contributed by atoms with Crippen LogP contribution in [-0.2, 0) is 0 Å². The van der Waals surface area contributed by atoms with Crippen LogP contribution in [0.25, 0.3) is 0 Å². The first kappa shape index (κ1) is 23.6. The summed E-state index contributed by atoms with van der Waals surface area (Å²) in [6.45, 7) is 28.9. The number of allylic oxidation sites excluding steroid dienone is 1. The largest absolute Gasteiger partial charge is 0.245 e. The van der Waals surface area contributed by atoms with Gasteiger partial charge in [0.05, 0.1) is 5.70 Å². The molecule has 0 aliphatic rings. The topological polar surface area (TPSA) is 24.7 Å². The second-order valence-corrected chi connectivity index (χ2v) is 4.52. The predicted octanol–water partition coefficient (Wildman–Crippen LogP) is 6.22. The fraction of sp³-hybridized carbons (Fsp3) is 0.556. The molecule has 0 unspecified atom stereocenters. The molecule has 0 atom stereocenters. The monoisotopic (exact) mass is 278 g/mol. The highest BCUT2D eigenvalue weighted by molar-refractivity contribution is 6.00. The molecular formula is C18H34N2. The quantitative estimate of drug-likeness (QED) is 0.324. The van der Waals surface area contributed by atoms with Crippen molar-refractivity contribution in [2.45, 2.75) is 61.3 Å². The molecule has 0 saturated heterocycles. The molecule has 0 rings (SSSR count). The third-order valence-corrected chi connectivity index (χ3v) is 2.66. The molecule has 116 valence electrons. The highest BCUT2D eigenvalue weighted by Gasteiger charge is 1.97. The lowest BCUT2D eigenvalue weighted by Crippen LogP contribution is -1.94. The fourth-order valence-corrected chi connectivity index (χ4v) is 0.778. The summed E-state index contributed by atoms with van der Waals surface area (Å²) >= 11 is 0. The Hall–Kier alpha value is -1.44. The SMILES string of the molecule is C=NC(=NC(=C)C(=C)C)C(=C)C.CC.CCC(C)CC. The van der Waals surface area contributed by atoms with Crippen LogP contribution in [0.3, 0.4) is 0 Å². The maximum absolute atomic E-state index is 4.09. The Morgan fingerprint density at radius 3 is 1.50 bits per heavy atom. The van der Waals surface area contributed by atoms with E-state index in [1.807, 2.05) is 27.7 Å². The van der Waals surface area contributed by atoms with E-state index in [1.54, 1.807) is 0 Å². The van der Waals surface area contributed by atoms with Gasteiger partial charge >= 0.3 is 0 Å². The number of nitrogens with zero attached hydrogens (tertiary/aromatic N) is 2. The summed E-state index contributed by atoms with van der Waals surface area (Å²) in [5.41, 5.74) is 2.20. The molecule has 0 bridgehead atoms. The number of aliphatic imine (C=N–C) groups is 2. The highest BCUT2D eigenvalue weighted by Crippen LogP contribution is 2.07. The van der Waals surface area contributed by atoms with Crippen molar-refractivity contribution in [1.29, 1.82) is 0 Å². The van der Waals surface area contributed by atoms with Crippen molar-refractivity contribution in [2.75, 3.05) is 0 Å². The molecule has 2 heteroatoms. The predicted molar refractivity (Wildman–Crippen MR) is 96.8 cm³/mol. The Morgan fingerprint density at radius 2 is 1.35 bits per heavy atom. The van der Waals surface area contributed by atoms with Crippen molar-refractivity contribution in [1.82, 2.24) is 0 Å². The Balaban J connectivity index is -0.000000304. The summed E-state index contributed by atoms with van der Waals surface area (Å²) in [6, 6.07) is 0. The van der Waals surface area contributed by atoms with Crippen molar-refractivity contribution in [2.24, 2.45) is 15.9 Å². The van der Waals surface area contributed by atoms with Gasteiger partial charge < -0.3 is 0 Å². The van der Waals surface area contributed by atoms with Crippen molar-refractivity contribution in [3.8, 4) is 0 Å². The van der Waals surface area contributed by atoms with Gasteiger partial charge in [-0.25, -0.2) is 9.98 Å². The van der Waals surface area contributed by atoms with Gasteiger partial charge in [-0.15, -0.1) is 0 Å². The Bertz CT molecular complexity index is 331. The molecule has 2 nitrogen and oxygen atoms in total. The molecule has 0 saturated carbocycles. The van der Waals surface area contributed by atoms with E-state index in [2.05, 4.69) is 57.2 Å². The van der Waals surface area contributed by atoms with Crippen LogP contribution in [0.2, 0.25) is 0 Å². The van der Waals surface area contributed by atoms with E-state index in [0.29, 0.717) is 11.5 Å². The first-order valence-electron chi connectivity index (χ1n) is 7.36. The zero-order chi connectivity index (χ0) is 16.7. The molecule has 0 aromatic heterocycles. The number of rotatable bonds is 5. The van der Waals surface area contributed by atoms with Crippen LogP contribution in [0.15, 0.2) is 46.6 Å². The zero-order valence-electron chi connectivity index (χ0n) is 14.7. The van der Waals surface area contributed by atoms with Gasteiger partial charge in [0.1, 0.15) is 0 Å². The Labute approximate surface area is 127 Å². The molecule has 0 heterocycles. The standard InChI is InChI=1S/C10H14N2.C6H14.C2H6/c1-7(2)9(5)12-10(11-6)8(3)4;1-4-6(3)5-2;1-2/h1,3,5-6H2,2,4H3;6H,4-5H2,1-3H3;1-2H3. The van der Waals surface area contributed by atoms with Crippen molar-refractivity contribution < 1.29 is 0 Å². The summed E-state index contributed by atoms with van der Waals surface area (Å²) < 4.78 is 0. The van der Waals surface area contributed by atoms with Gasteiger partial charge in [0.2, 0.25) is 0 Å². The molecule has 20 heavy (non-hydrogen) atoms. The van der Waals surface area contributed by atoms with Crippen LogP contribution in [0, 0.1) is 5.92 Å². The Kier molecular flexibility index (Phi) is 18.5. The molecule has 0 N–H and O–H groups in total. The van der Waals surface area contributed by atoms with E-state index in [4.69, 9.17) is 0 Å². The maximum Gasteiger partial charge on any atom is 0.154 e. The van der Waals surface area contributed by atoms with Crippen LogP contribution in [0.4, 0.5) is 0 Å². The van der Waals surface area contributed by atoms with Crippen molar-refractivity contribution in [3.05, 3.63) is 36.6 Å². The van der Waals surface area contributed by atoms with Gasteiger partial charge in [-0.3, -0.25) is 0 Å². The number of amidine groups is 1. The highest BCUT2D eigenvalue weighted by atomic mass is 14.9. The van der Waals surface area contributed by atoms with Crippen molar-refractivity contribution in [3.63, 3.8) is 0 Å². The molecule has 0 aliphatic heterocycles. The van der Waals surface area contributed by atoms with E-state index in [-0.39, 0.29) is 0 Å². The van der Waals surface area contributed by atoms with Gasteiger partial charge in [0.25, 0.3) is 0 Å². The molecule has 0 aromatic carbocycles. The third kappa shape index (κ3) is 14.6. The number of hydrogen-bond donors (Lipinski definition) is 0. The van der Waals surface area contributed by atoms with E-state index in [1.165, 1.54) is 12.8 Å². The van der Waals surface area contributed by atoms with Gasteiger partial charge in [-0.1, -0.05) is 67.2 Å². The van der Waals surface area contributed by atoms with Crippen LogP contribution in [0.5, 0.6) is 0 Å². The van der Waals surface area contributed by atoms with Crippen LogP contribution in [0.1, 0.15) is 61.3 Å². The molecule has 0 amide bonds. The average molecular weight is 278 g/mol. The minimum absolute atomic E-state index is 0.517. The smallest absolute Gasteiger partial charge is 0.154 e. The number of hydrogen-bond acceptors (Lipinski definition) is 1. The summed E-state index contributed by atoms with van der Waals surface area (Å²) in [4.78, 5) is 7.80. The van der Waals surface area contributed by atoms with E-state index >= 15 is 0 Å². The minimum Gasteiger partial charge on any atom is -0.245 e. The molecule has 0 aromatic rings.